The van der Waals surface area contributed by atoms with Crippen LogP contribution in [0, 0.1) is 0 Å². The first-order valence-corrected chi connectivity index (χ1v) is 10.7. The number of amides is 2. The van der Waals surface area contributed by atoms with Crippen LogP contribution in [-0.2, 0) is 6.54 Å². The average Bonchev–Trinajstić information content (AvgIpc) is 2.76. The van der Waals surface area contributed by atoms with E-state index in [1.54, 1.807) is 7.11 Å². The molecule has 29 heavy (non-hydrogen) atoms. The van der Waals surface area contributed by atoms with Crippen LogP contribution in [0.4, 0.5) is 10.5 Å². The highest BCUT2D eigenvalue weighted by molar-refractivity contribution is 5.89. The van der Waals surface area contributed by atoms with Crippen molar-refractivity contribution in [1.82, 2.24) is 9.80 Å². The molecular formula is C24H33N3O2. The van der Waals surface area contributed by atoms with Crippen molar-refractivity contribution in [3.05, 3.63) is 60.2 Å². The molecule has 0 spiro atoms. The molecule has 0 atom stereocenters. The van der Waals surface area contributed by atoms with Gasteiger partial charge in [0.15, 0.2) is 0 Å². The van der Waals surface area contributed by atoms with Crippen molar-refractivity contribution in [1.29, 1.82) is 0 Å². The second kappa shape index (κ2) is 10.9. The number of carbonyl (C=O) groups is 1. The fourth-order valence-corrected chi connectivity index (χ4v) is 3.88. The molecule has 1 heterocycles. The third-order valence-electron chi connectivity index (χ3n) is 5.60. The Morgan fingerprint density at radius 1 is 1.10 bits per heavy atom. The van der Waals surface area contributed by atoms with E-state index in [4.69, 9.17) is 4.74 Å². The van der Waals surface area contributed by atoms with E-state index in [1.807, 2.05) is 29.2 Å². The number of rotatable bonds is 8. The number of ether oxygens (including phenoxy) is 1. The summed E-state index contributed by atoms with van der Waals surface area (Å²) in [5.41, 5.74) is 2.16. The van der Waals surface area contributed by atoms with Gasteiger partial charge in [0.25, 0.3) is 0 Å². The molecule has 1 fully saturated rings. The summed E-state index contributed by atoms with van der Waals surface area (Å²) in [7, 11) is 1.64. The van der Waals surface area contributed by atoms with Crippen LogP contribution in [0.15, 0.2) is 54.6 Å². The molecule has 0 bridgehead atoms. The summed E-state index contributed by atoms with van der Waals surface area (Å²) in [6, 6.07) is 18.4. The number of anilines is 1. The minimum atomic E-state index is 0.00475. The van der Waals surface area contributed by atoms with Crippen LogP contribution in [0.3, 0.4) is 0 Å². The molecule has 156 valence electrons. The highest BCUT2D eigenvalue weighted by atomic mass is 16.5. The monoisotopic (exact) mass is 395 g/mol. The number of hydrogen-bond donors (Lipinski definition) is 1. The van der Waals surface area contributed by atoms with Crippen LogP contribution >= 0.6 is 0 Å². The minimum Gasteiger partial charge on any atom is -0.497 e. The van der Waals surface area contributed by atoms with E-state index in [1.165, 1.54) is 5.56 Å². The fourth-order valence-electron chi connectivity index (χ4n) is 3.88. The number of likely N-dealkylation sites (tertiary alicyclic amines) is 1. The zero-order valence-electron chi connectivity index (χ0n) is 17.6. The first-order chi connectivity index (χ1) is 14.2. The standard InChI is InChI=1S/C24H33N3O2/c1-3-4-16-27(24(28)25-21-10-12-23(29-2)13-11-21)22-14-17-26(18-15-22)19-20-8-6-5-7-9-20/h5-13,22H,3-4,14-19H2,1-2H3,(H,25,28). The van der Waals surface area contributed by atoms with Crippen molar-refractivity contribution in [2.75, 3.05) is 32.1 Å². The molecule has 2 amide bonds. The summed E-state index contributed by atoms with van der Waals surface area (Å²) in [6.45, 7) is 6.01. The molecule has 5 heteroatoms. The van der Waals surface area contributed by atoms with E-state index in [2.05, 4.69) is 47.5 Å². The van der Waals surface area contributed by atoms with Crippen LogP contribution in [0.2, 0.25) is 0 Å². The molecule has 1 aliphatic rings. The van der Waals surface area contributed by atoms with Crippen molar-refractivity contribution in [3.63, 3.8) is 0 Å². The highest BCUT2D eigenvalue weighted by Gasteiger charge is 2.27. The third-order valence-corrected chi connectivity index (χ3v) is 5.60. The Morgan fingerprint density at radius 2 is 1.79 bits per heavy atom. The number of carbonyl (C=O) groups excluding carboxylic acids is 1. The number of piperidine rings is 1. The quantitative estimate of drug-likeness (QED) is 0.684. The van der Waals surface area contributed by atoms with Crippen molar-refractivity contribution < 1.29 is 9.53 Å². The van der Waals surface area contributed by atoms with Crippen LogP contribution in [0.5, 0.6) is 5.75 Å². The van der Waals surface area contributed by atoms with E-state index in [9.17, 15) is 4.79 Å². The number of nitrogens with one attached hydrogen (secondary N) is 1. The molecule has 2 aromatic rings. The first kappa shape index (κ1) is 21.2. The Balaban J connectivity index is 1.57. The van der Waals surface area contributed by atoms with E-state index < -0.39 is 0 Å². The van der Waals surface area contributed by atoms with Crippen LogP contribution in [0.1, 0.15) is 38.2 Å². The molecule has 1 aliphatic heterocycles. The summed E-state index contributed by atoms with van der Waals surface area (Å²) < 4.78 is 5.19. The molecule has 0 unspecified atom stereocenters. The van der Waals surface area contributed by atoms with Gasteiger partial charge in [-0.3, -0.25) is 4.90 Å². The van der Waals surface area contributed by atoms with Crippen LogP contribution in [-0.4, -0.2) is 48.6 Å². The Kier molecular flexibility index (Phi) is 7.94. The number of benzene rings is 2. The van der Waals surface area contributed by atoms with Gasteiger partial charge in [0, 0.05) is 37.9 Å². The smallest absolute Gasteiger partial charge is 0.322 e. The largest absolute Gasteiger partial charge is 0.497 e. The Bertz CT molecular complexity index is 740. The highest BCUT2D eigenvalue weighted by Crippen LogP contribution is 2.21. The summed E-state index contributed by atoms with van der Waals surface area (Å²) in [6.07, 6.45) is 4.15. The first-order valence-electron chi connectivity index (χ1n) is 10.7. The minimum absolute atomic E-state index is 0.00475. The van der Waals surface area contributed by atoms with E-state index in [0.29, 0.717) is 6.04 Å². The molecule has 0 saturated carbocycles. The second-order valence-electron chi connectivity index (χ2n) is 7.70. The molecule has 3 rings (SSSR count). The van der Waals surface area contributed by atoms with Gasteiger partial charge in [-0.25, -0.2) is 4.79 Å². The number of nitrogens with zero attached hydrogens (tertiary/aromatic N) is 2. The predicted octanol–water partition coefficient (Wildman–Crippen LogP) is 4.99. The van der Waals surface area contributed by atoms with Gasteiger partial charge in [-0.2, -0.15) is 0 Å². The van der Waals surface area contributed by atoms with E-state index in [0.717, 1.165) is 63.3 Å². The lowest BCUT2D eigenvalue weighted by atomic mass is 10.0. The van der Waals surface area contributed by atoms with Gasteiger partial charge in [0.1, 0.15) is 5.75 Å². The summed E-state index contributed by atoms with van der Waals surface area (Å²) in [4.78, 5) is 17.6. The lowest BCUT2D eigenvalue weighted by molar-refractivity contribution is 0.122. The van der Waals surface area contributed by atoms with Crippen LogP contribution in [0.25, 0.3) is 0 Å². The van der Waals surface area contributed by atoms with Crippen molar-refractivity contribution >= 4 is 11.7 Å². The van der Waals surface area contributed by atoms with Crippen molar-refractivity contribution in [2.24, 2.45) is 0 Å². The van der Waals surface area contributed by atoms with Gasteiger partial charge in [-0.1, -0.05) is 43.7 Å². The van der Waals surface area contributed by atoms with Gasteiger partial charge in [0.05, 0.1) is 7.11 Å². The lowest BCUT2D eigenvalue weighted by Crippen LogP contribution is -2.49. The average molecular weight is 396 g/mol. The molecule has 1 saturated heterocycles. The Morgan fingerprint density at radius 3 is 2.41 bits per heavy atom. The maximum absolute atomic E-state index is 13.0. The molecule has 0 aliphatic carbocycles. The second-order valence-corrected chi connectivity index (χ2v) is 7.70. The number of unbranched alkanes of at least 4 members (excludes halogenated alkanes) is 1. The van der Waals surface area contributed by atoms with Gasteiger partial charge >= 0.3 is 6.03 Å². The van der Waals surface area contributed by atoms with E-state index >= 15 is 0 Å². The maximum Gasteiger partial charge on any atom is 0.322 e. The zero-order chi connectivity index (χ0) is 20.5. The van der Waals surface area contributed by atoms with Crippen LogP contribution < -0.4 is 10.1 Å². The SMILES string of the molecule is CCCCN(C(=O)Nc1ccc(OC)cc1)C1CCN(Cc2ccccc2)CC1. The zero-order valence-corrected chi connectivity index (χ0v) is 17.6. The summed E-state index contributed by atoms with van der Waals surface area (Å²) in [5.74, 6) is 0.789. The fraction of sp³-hybridized carbons (Fsp3) is 0.458. The van der Waals surface area contributed by atoms with Gasteiger partial charge in [0.2, 0.25) is 0 Å². The maximum atomic E-state index is 13.0. The van der Waals surface area contributed by atoms with Gasteiger partial charge in [-0.15, -0.1) is 0 Å². The number of methoxy groups -OCH3 is 1. The lowest BCUT2D eigenvalue weighted by Gasteiger charge is -2.38. The Hall–Kier alpha value is -2.53. The normalized spacial score (nSPS) is 15.1. The topological polar surface area (TPSA) is 44.8 Å². The molecule has 5 nitrogen and oxygen atoms in total. The molecule has 2 aromatic carbocycles. The van der Waals surface area contributed by atoms with E-state index in [-0.39, 0.29) is 6.03 Å². The number of urea groups is 1. The Labute approximate surface area is 174 Å². The molecule has 0 radical (unpaired) electrons. The van der Waals surface area contributed by atoms with Gasteiger partial charge < -0.3 is 15.0 Å². The molecule has 0 aromatic heterocycles. The summed E-state index contributed by atoms with van der Waals surface area (Å²) >= 11 is 0. The molecular weight excluding hydrogens is 362 g/mol. The number of hydrogen-bond acceptors (Lipinski definition) is 3. The summed E-state index contributed by atoms with van der Waals surface area (Å²) in [5, 5.41) is 3.07. The predicted molar refractivity (Wildman–Crippen MR) is 118 cm³/mol. The van der Waals surface area contributed by atoms with Crippen molar-refractivity contribution in [3.8, 4) is 5.75 Å². The van der Waals surface area contributed by atoms with Crippen molar-refractivity contribution in [2.45, 2.75) is 45.2 Å². The third kappa shape index (κ3) is 6.23. The molecule has 1 N–H and O–H groups in total. The van der Waals surface area contributed by atoms with Gasteiger partial charge in [-0.05, 0) is 49.1 Å².